The fourth-order valence-electron chi connectivity index (χ4n) is 1.87. The molecule has 1 amide bonds. The molecule has 0 aliphatic carbocycles. The second-order valence-corrected chi connectivity index (χ2v) is 5.44. The van der Waals surface area contributed by atoms with Crippen LogP contribution in [0, 0.1) is 6.92 Å². The van der Waals surface area contributed by atoms with Crippen molar-refractivity contribution in [2.45, 2.75) is 19.5 Å². The van der Waals surface area contributed by atoms with Gasteiger partial charge in [-0.25, -0.2) is 0 Å². The van der Waals surface area contributed by atoms with Gasteiger partial charge in [0.05, 0.1) is 12.6 Å². The third-order valence-electron chi connectivity index (χ3n) is 2.78. The van der Waals surface area contributed by atoms with Crippen LogP contribution in [0.15, 0.2) is 16.5 Å². The van der Waals surface area contributed by atoms with E-state index in [0.717, 1.165) is 29.6 Å². The van der Waals surface area contributed by atoms with Crippen LogP contribution in [0.1, 0.15) is 11.5 Å². The standard InChI is InChI=1S/C12H18N2O2S/c1-9-3-4-10(16-9)7-14(2)12(15)11-8-17-6-5-13-11/h3-4,11,13H,5-8H2,1-2H3. The molecule has 2 heterocycles. The highest BCUT2D eigenvalue weighted by atomic mass is 32.2. The lowest BCUT2D eigenvalue weighted by Crippen LogP contribution is -2.49. The van der Waals surface area contributed by atoms with Gasteiger partial charge in [-0.15, -0.1) is 0 Å². The molecule has 1 unspecified atom stereocenters. The van der Waals surface area contributed by atoms with Crippen LogP contribution in [0.2, 0.25) is 0 Å². The molecule has 1 N–H and O–H groups in total. The number of amides is 1. The number of thioether (sulfide) groups is 1. The summed E-state index contributed by atoms with van der Waals surface area (Å²) in [5.41, 5.74) is 0. The largest absolute Gasteiger partial charge is 0.464 e. The highest BCUT2D eigenvalue weighted by Crippen LogP contribution is 2.12. The zero-order valence-electron chi connectivity index (χ0n) is 10.2. The highest BCUT2D eigenvalue weighted by Gasteiger charge is 2.24. The first-order valence-corrected chi connectivity index (χ1v) is 6.93. The molecule has 0 bridgehead atoms. The van der Waals surface area contributed by atoms with E-state index in [9.17, 15) is 4.79 Å². The monoisotopic (exact) mass is 254 g/mol. The summed E-state index contributed by atoms with van der Waals surface area (Å²) in [4.78, 5) is 13.8. The van der Waals surface area contributed by atoms with Gasteiger partial charge in [-0.2, -0.15) is 11.8 Å². The van der Waals surface area contributed by atoms with Gasteiger partial charge in [-0.05, 0) is 19.1 Å². The quantitative estimate of drug-likeness (QED) is 0.882. The summed E-state index contributed by atoms with van der Waals surface area (Å²) < 4.78 is 5.47. The number of nitrogens with one attached hydrogen (secondary N) is 1. The maximum absolute atomic E-state index is 12.1. The second kappa shape index (κ2) is 5.60. The SMILES string of the molecule is Cc1ccc(CN(C)C(=O)C2CSCCN2)o1. The summed E-state index contributed by atoms with van der Waals surface area (Å²) >= 11 is 1.83. The van der Waals surface area contributed by atoms with E-state index >= 15 is 0 Å². The predicted octanol–water partition coefficient (Wildman–Crippen LogP) is 1.25. The van der Waals surface area contributed by atoms with Crippen LogP contribution in [0.3, 0.4) is 0 Å². The van der Waals surface area contributed by atoms with Crippen LogP contribution in [0.5, 0.6) is 0 Å². The van der Waals surface area contributed by atoms with Crippen LogP contribution in [-0.4, -0.2) is 41.9 Å². The van der Waals surface area contributed by atoms with E-state index in [0.29, 0.717) is 6.54 Å². The molecule has 0 spiro atoms. The van der Waals surface area contributed by atoms with E-state index < -0.39 is 0 Å². The molecule has 0 saturated carbocycles. The number of hydrogen-bond acceptors (Lipinski definition) is 4. The van der Waals surface area contributed by atoms with E-state index in [2.05, 4.69) is 5.32 Å². The Morgan fingerprint density at radius 3 is 3.06 bits per heavy atom. The highest BCUT2D eigenvalue weighted by molar-refractivity contribution is 7.99. The lowest BCUT2D eigenvalue weighted by atomic mass is 10.2. The minimum atomic E-state index is -0.0465. The van der Waals surface area contributed by atoms with E-state index in [1.807, 2.05) is 37.9 Å². The molecule has 1 aromatic heterocycles. The molecule has 1 saturated heterocycles. The van der Waals surface area contributed by atoms with Crippen molar-refractivity contribution < 1.29 is 9.21 Å². The van der Waals surface area contributed by atoms with Crippen molar-refractivity contribution in [3.8, 4) is 0 Å². The van der Waals surface area contributed by atoms with Gasteiger partial charge in [0.1, 0.15) is 11.5 Å². The van der Waals surface area contributed by atoms with Crippen molar-refractivity contribution in [3.63, 3.8) is 0 Å². The Bertz CT molecular complexity index is 386. The summed E-state index contributed by atoms with van der Waals surface area (Å²) in [7, 11) is 1.82. The summed E-state index contributed by atoms with van der Waals surface area (Å²) in [6, 6.07) is 3.79. The number of furan rings is 1. The van der Waals surface area contributed by atoms with Crippen molar-refractivity contribution in [1.82, 2.24) is 10.2 Å². The first-order valence-electron chi connectivity index (χ1n) is 5.78. The lowest BCUT2D eigenvalue weighted by molar-refractivity contribution is -0.132. The van der Waals surface area contributed by atoms with Crippen molar-refractivity contribution in [1.29, 1.82) is 0 Å². The Balaban J connectivity index is 1.90. The Morgan fingerprint density at radius 2 is 2.47 bits per heavy atom. The van der Waals surface area contributed by atoms with Crippen LogP contribution in [0.4, 0.5) is 0 Å². The van der Waals surface area contributed by atoms with Crippen LogP contribution in [-0.2, 0) is 11.3 Å². The number of aryl methyl sites for hydroxylation is 1. The van der Waals surface area contributed by atoms with Crippen molar-refractivity contribution in [2.75, 3.05) is 25.1 Å². The molecule has 0 aromatic carbocycles. The van der Waals surface area contributed by atoms with Crippen LogP contribution < -0.4 is 5.32 Å². The molecule has 0 radical (unpaired) electrons. The molecule has 4 nitrogen and oxygen atoms in total. The molecule has 17 heavy (non-hydrogen) atoms. The van der Waals surface area contributed by atoms with Gasteiger partial charge >= 0.3 is 0 Å². The van der Waals surface area contributed by atoms with Crippen LogP contribution in [0.25, 0.3) is 0 Å². The number of hydrogen-bond donors (Lipinski definition) is 1. The predicted molar refractivity (Wildman–Crippen MR) is 69.0 cm³/mol. The number of likely N-dealkylation sites (N-methyl/N-ethyl adjacent to an activating group) is 1. The number of carbonyl (C=O) groups excluding carboxylic acids is 1. The minimum absolute atomic E-state index is 0.0465. The molecule has 94 valence electrons. The second-order valence-electron chi connectivity index (χ2n) is 4.29. The summed E-state index contributed by atoms with van der Waals surface area (Å²) in [6.07, 6.45) is 0. The van der Waals surface area contributed by atoms with E-state index in [-0.39, 0.29) is 11.9 Å². The maximum atomic E-state index is 12.1. The lowest BCUT2D eigenvalue weighted by Gasteiger charge is -2.26. The van der Waals surface area contributed by atoms with Gasteiger partial charge in [0.25, 0.3) is 0 Å². The minimum Gasteiger partial charge on any atom is -0.464 e. The topological polar surface area (TPSA) is 45.5 Å². The Hall–Kier alpha value is -0.940. The number of carbonyl (C=O) groups is 1. The molecule has 2 rings (SSSR count). The summed E-state index contributed by atoms with van der Waals surface area (Å²) in [5, 5.41) is 3.25. The third kappa shape index (κ3) is 3.26. The molecule has 1 fully saturated rings. The Labute approximate surface area is 106 Å². The molecular formula is C12H18N2O2S. The summed E-state index contributed by atoms with van der Waals surface area (Å²) in [6.45, 7) is 3.36. The Kier molecular flexibility index (Phi) is 4.12. The van der Waals surface area contributed by atoms with E-state index in [1.165, 1.54) is 0 Å². The first kappa shape index (κ1) is 12.5. The van der Waals surface area contributed by atoms with Gasteiger partial charge in [0.15, 0.2) is 0 Å². The molecule has 1 aliphatic rings. The first-order chi connectivity index (χ1) is 8.16. The fourth-order valence-corrected chi connectivity index (χ4v) is 2.80. The van der Waals surface area contributed by atoms with Crippen molar-refractivity contribution in [2.24, 2.45) is 0 Å². The van der Waals surface area contributed by atoms with E-state index in [4.69, 9.17) is 4.42 Å². The fraction of sp³-hybridized carbons (Fsp3) is 0.583. The Morgan fingerprint density at radius 1 is 1.65 bits per heavy atom. The molecular weight excluding hydrogens is 236 g/mol. The summed E-state index contributed by atoms with van der Waals surface area (Å²) in [5.74, 6) is 3.81. The number of nitrogens with zero attached hydrogens (tertiary/aromatic N) is 1. The average Bonchev–Trinajstić information content (AvgIpc) is 2.75. The van der Waals surface area contributed by atoms with Crippen molar-refractivity contribution >= 4 is 17.7 Å². The van der Waals surface area contributed by atoms with Gasteiger partial charge in [0, 0.05) is 25.1 Å². The number of rotatable bonds is 3. The van der Waals surface area contributed by atoms with Crippen molar-refractivity contribution in [3.05, 3.63) is 23.7 Å². The van der Waals surface area contributed by atoms with E-state index in [1.54, 1.807) is 4.90 Å². The zero-order chi connectivity index (χ0) is 12.3. The normalized spacial score (nSPS) is 20.2. The van der Waals surface area contributed by atoms with Gasteiger partial charge in [-0.3, -0.25) is 4.79 Å². The zero-order valence-corrected chi connectivity index (χ0v) is 11.0. The molecule has 1 aliphatic heterocycles. The molecule has 1 atom stereocenters. The van der Waals surface area contributed by atoms with Gasteiger partial charge in [0.2, 0.25) is 5.91 Å². The third-order valence-corrected chi connectivity index (χ3v) is 3.85. The average molecular weight is 254 g/mol. The maximum Gasteiger partial charge on any atom is 0.240 e. The molecule has 1 aromatic rings. The van der Waals surface area contributed by atoms with Gasteiger partial charge in [-0.1, -0.05) is 0 Å². The van der Waals surface area contributed by atoms with Gasteiger partial charge < -0.3 is 14.6 Å². The smallest absolute Gasteiger partial charge is 0.240 e. The van der Waals surface area contributed by atoms with Crippen LogP contribution >= 0.6 is 11.8 Å². The molecule has 5 heteroatoms.